The Morgan fingerprint density at radius 3 is 0.750 bits per heavy atom. The zero-order chi connectivity index (χ0) is 41.7. The van der Waals surface area contributed by atoms with E-state index >= 15 is 0 Å². The molecular formula is C44H80O12. The summed E-state index contributed by atoms with van der Waals surface area (Å²) in [6.45, 7) is 6.21. The molecule has 328 valence electrons. The quantitative estimate of drug-likeness (QED) is 0.0341. The number of carboxylic acids is 2. The van der Waals surface area contributed by atoms with Gasteiger partial charge >= 0.3 is 35.8 Å². The summed E-state index contributed by atoms with van der Waals surface area (Å²) in [5, 5.41) is 16.9. The number of esters is 4. The fraction of sp³-hybridized carbons (Fsp3) is 0.864. The van der Waals surface area contributed by atoms with Crippen LogP contribution in [0.2, 0.25) is 0 Å². The number of carbonyl (C=O) groups is 6. The van der Waals surface area contributed by atoms with Gasteiger partial charge in [0.2, 0.25) is 0 Å². The van der Waals surface area contributed by atoms with E-state index in [0.29, 0.717) is 39.3 Å². The molecule has 0 heterocycles. The van der Waals surface area contributed by atoms with E-state index in [1.807, 2.05) is 0 Å². The van der Waals surface area contributed by atoms with Gasteiger partial charge in [0.25, 0.3) is 0 Å². The van der Waals surface area contributed by atoms with Crippen LogP contribution in [-0.2, 0) is 47.7 Å². The number of carboxylic acid groups (broad SMARTS) is 2. The minimum atomic E-state index is -0.979. The molecule has 0 spiro atoms. The summed E-state index contributed by atoms with van der Waals surface area (Å²) >= 11 is 0. The van der Waals surface area contributed by atoms with E-state index in [2.05, 4.69) is 13.8 Å². The summed E-state index contributed by atoms with van der Waals surface area (Å²) in [5.41, 5.74) is 0. The van der Waals surface area contributed by atoms with Crippen LogP contribution in [-0.4, -0.2) is 72.5 Å². The van der Waals surface area contributed by atoms with Gasteiger partial charge in [-0.3, -0.25) is 28.8 Å². The lowest BCUT2D eigenvalue weighted by Crippen LogP contribution is -2.08. The summed E-state index contributed by atoms with van der Waals surface area (Å²) in [6, 6.07) is 0. The Morgan fingerprint density at radius 1 is 0.286 bits per heavy atom. The highest BCUT2D eigenvalue weighted by Crippen LogP contribution is 2.12. The number of hydrogen-bond donors (Lipinski definition) is 2. The highest BCUT2D eigenvalue weighted by atomic mass is 16.5. The second-order valence-electron chi connectivity index (χ2n) is 14.7. The number of rotatable bonds is 40. The first-order chi connectivity index (χ1) is 27.1. The smallest absolute Gasteiger partial charge is 0.306 e. The lowest BCUT2D eigenvalue weighted by atomic mass is 10.1. The van der Waals surface area contributed by atoms with Crippen LogP contribution in [0.15, 0.2) is 0 Å². The van der Waals surface area contributed by atoms with Gasteiger partial charge in [0.05, 0.1) is 52.1 Å². The van der Waals surface area contributed by atoms with E-state index in [-0.39, 0.29) is 37.6 Å². The third-order valence-electron chi connectivity index (χ3n) is 9.18. The van der Waals surface area contributed by atoms with Gasteiger partial charge in [-0.05, 0) is 38.5 Å². The molecule has 0 unspecified atom stereocenters. The van der Waals surface area contributed by atoms with Crippen LogP contribution >= 0.6 is 0 Å². The number of ether oxygens (including phenoxy) is 4. The van der Waals surface area contributed by atoms with Crippen molar-refractivity contribution >= 4 is 35.8 Å². The summed E-state index contributed by atoms with van der Waals surface area (Å²) in [6.07, 6.45) is 29.1. The molecule has 12 nitrogen and oxygen atoms in total. The van der Waals surface area contributed by atoms with Crippen molar-refractivity contribution in [2.75, 3.05) is 26.4 Å². The average molecular weight is 801 g/mol. The van der Waals surface area contributed by atoms with Gasteiger partial charge in [0, 0.05) is 12.8 Å². The number of aliphatic carboxylic acids is 2. The number of unbranched alkanes of at least 4 members (excludes halogenated alkanes) is 22. The van der Waals surface area contributed by atoms with E-state index in [1.165, 1.54) is 51.4 Å². The topological polar surface area (TPSA) is 180 Å². The van der Waals surface area contributed by atoms with Gasteiger partial charge in [-0.15, -0.1) is 0 Å². The van der Waals surface area contributed by atoms with Crippen LogP contribution in [0.5, 0.6) is 0 Å². The molecule has 12 heteroatoms. The van der Waals surface area contributed by atoms with Gasteiger partial charge in [0.1, 0.15) is 0 Å². The van der Waals surface area contributed by atoms with E-state index < -0.39 is 23.9 Å². The molecule has 0 saturated heterocycles. The SMILES string of the molecule is CCCCCCCC(=O)OCCCCCCCCCCOC(=O)CCC(=O)O.CCCCCCCC(=O)OCCCCCCCCCCOC(=O)CCC(=O)O. The minimum absolute atomic E-state index is 0.0520. The van der Waals surface area contributed by atoms with Crippen LogP contribution < -0.4 is 0 Å². The van der Waals surface area contributed by atoms with Gasteiger partial charge < -0.3 is 29.2 Å². The molecule has 0 atom stereocenters. The first kappa shape index (κ1) is 54.9. The molecule has 2 N–H and O–H groups in total. The molecule has 0 fully saturated rings. The van der Waals surface area contributed by atoms with Crippen molar-refractivity contribution in [1.29, 1.82) is 0 Å². The Balaban J connectivity index is 0. The second-order valence-corrected chi connectivity index (χ2v) is 14.7. The van der Waals surface area contributed by atoms with Crippen LogP contribution in [0.4, 0.5) is 0 Å². The summed E-state index contributed by atoms with van der Waals surface area (Å²) in [4.78, 5) is 66.2. The molecule has 0 rings (SSSR count). The average Bonchev–Trinajstić information content (AvgIpc) is 3.17. The normalized spacial score (nSPS) is 10.6. The summed E-state index contributed by atoms with van der Waals surface area (Å²) in [7, 11) is 0. The molecule has 0 aromatic carbocycles. The predicted molar refractivity (Wildman–Crippen MR) is 218 cm³/mol. The van der Waals surface area contributed by atoms with E-state index in [1.54, 1.807) is 0 Å². The van der Waals surface area contributed by atoms with Crippen molar-refractivity contribution in [2.45, 2.75) is 219 Å². The fourth-order valence-corrected chi connectivity index (χ4v) is 5.73. The van der Waals surface area contributed by atoms with E-state index in [9.17, 15) is 28.8 Å². The summed E-state index contributed by atoms with van der Waals surface area (Å²) in [5.74, 6) is -2.93. The molecule has 0 aliphatic carbocycles. The third kappa shape index (κ3) is 48.8. The highest BCUT2D eigenvalue weighted by molar-refractivity contribution is 5.77. The maximum absolute atomic E-state index is 11.6. The zero-order valence-corrected chi connectivity index (χ0v) is 35.4. The van der Waals surface area contributed by atoms with Gasteiger partial charge in [0.15, 0.2) is 0 Å². The van der Waals surface area contributed by atoms with Crippen molar-refractivity contribution < 1.29 is 57.9 Å². The Morgan fingerprint density at radius 2 is 0.500 bits per heavy atom. The van der Waals surface area contributed by atoms with Gasteiger partial charge in [-0.25, -0.2) is 0 Å². The lowest BCUT2D eigenvalue weighted by molar-refractivity contribution is -0.147. The fourth-order valence-electron chi connectivity index (χ4n) is 5.73. The van der Waals surface area contributed by atoms with Crippen molar-refractivity contribution in [3.63, 3.8) is 0 Å². The molecule has 0 saturated carbocycles. The highest BCUT2D eigenvalue weighted by Gasteiger charge is 2.08. The molecule has 0 aromatic rings. The van der Waals surface area contributed by atoms with Crippen LogP contribution in [0.3, 0.4) is 0 Å². The largest absolute Gasteiger partial charge is 0.481 e. The zero-order valence-electron chi connectivity index (χ0n) is 35.4. The van der Waals surface area contributed by atoms with E-state index in [0.717, 1.165) is 116 Å². The molecule has 56 heavy (non-hydrogen) atoms. The molecule has 0 radical (unpaired) electrons. The third-order valence-corrected chi connectivity index (χ3v) is 9.18. The van der Waals surface area contributed by atoms with Crippen LogP contribution in [0, 0.1) is 0 Å². The minimum Gasteiger partial charge on any atom is -0.481 e. The first-order valence-electron chi connectivity index (χ1n) is 22.2. The molecule has 0 bridgehead atoms. The Kier molecular flexibility index (Phi) is 43.7. The van der Waals surface area contributed by atoms with Gasteiger partial charge in [-0.2, -0.15) is 0 Å². The predicted octanol–water partition coefficient (Wildman–Crippen LogP) is 10.8. The van der Waals surface area contributed by atoms with Crippen LogP contribution in [0.1, 0.15) is 219 Å². The Hall–Kier alpha value is -3.18. The Labute approximate surface area is 338 Å². The lowest BCUT2D eigenvalue weighted by Gasteiger charge is -2.06. The van der Waals surface area contributed by atoms with E-state index in [4.69, 9.17) is 29.2 Å². The summed E-state index contributed by atoms with van der Waals surface area (Å²) < 4.78 is 20.5. The van der Waals surface area contributed by atoms with Gasteiger partial charge in [-0.1, -0.05) is 142 Å². The van der Waals surface area contributed by atoms with Crippen molar-refractivity contribution in [3.8, 4) is 0 Å². The maximum Gasteiger partial charge on any atom is 0.306 e. The first-order valence-corrected chi connectivity index (χ1v) is 22.2. The Bertz CT molecular complexity index is 892. The maximum atomic E-state index is 11.6. The number of carbonyl (C=O) groups excluding carboxylic acids is 4. The molecular weight excluding hydrogens is 720 g/mol. The van der Waals surface area contributed by atoms with Crippen molar-refractivity contribution in [2.24, 2.45) is 0 Å². The molecule has 0 amide bonds. The molecule has 0 aliphatic rings. The number of hydrogen-bond acceptors (Lipinski definition) is 10. The van der Waals surface area contributed by atoms with Crippen molar-refractivity contribution in [1.82, 2.24) is 0 Å². The van der Waals surface area contributed by atoms with Crippen molar-refractivity contribution in [3.05, 3.63) is 0 Å². The van der Waals surface area contributed by atoms with Crippen LogP contribution in [0.25, 0.3) is 0 Å². The second kappa shape index (κ2) is 44.5. The standard InChI is InChI=1S/2C22H40O6/c2*1-2-3-4-9-12-15-21(25)27-18-13-10-7-5-6-8-11-14-19-28-22(26)17-16-20(23)24/h2*2-19H2,1H3,(H,23,24). The molecule has 0 aliphatic heterocycles. The molecule has 0 aromatic heterocycles. The monoisotopic (exact) mass is 801 g/mol.